The van der Waals surface area contributed by atoms with Crippen molar-refractivity contribution in [2.75, 3.05) is 11.9 Å². The van der Waals surface area contributed by atoms with Crippen molar-refractivity contribution in [3.63, 3.8) is 0 Å². The summed E-state index contributed by atoms with van der Waals surface area (Å²) in [4.78, 5) is 26.4. The number of anilines is 1. The number of rotatable bonds is 4. The molecule has 104 valence electrons. The molecule has 0 aliphatic heterocycles. The Bertz CT molecular complexity index is 642. The zero-order valence-corrected chi connectivity index (χ0v) is 13.0. The summed E-state index contributed by atoms with van der Waals surface area (Å²) in [6.07, 6.45) is 0. The van der Waals surface area contributed by atoms with Gasteiger partial charge in [-0.2, -0.15) is 0 Å². The van der Waals surface area contributed by atoms with Crippen LogP contribution in [0.15, 0.2) is 34.1 Å². The number of thiazole rings is 1. The summed E-state index contributed by atoms with van der Waals surface area (Å²) in [5.41, 5.74) is 1.73. The minimum absolute atomic E-state index is 0.304. The van der Waals surface area contributed by atoms with Crippen LogP contribution in [0.4, 0.5) is 5.13 Å². The first-order chi connectivity index (χ1) is 9.54. The second-order valence-electron chi connectivity index (χ2n) is 3.88. The first-order valence-electron chi connectivity index (χ1n) is 5.69. The summed E-state index contributed by atoms with van der Waals surface area (Å²) in [6, 6.07) is 7.72. The van der Waals surface area contributed by atoms with Gasteiger partial charge in [0.25, 0.3) is 5.91 Å². The molecule has 0 aliphatic carbocycles. The maximum Gasteiger partial charge on any atom is 0.303 e. The molecule has 20 heavy (non-hydrogen) atoms. The van der Waals surface area contributed by atoms with Gasteiger partial charge in [-0.3, -0.25) is 14.9 Å². The largest absolute Gasteiger partial charge is 0.456 e. The number of halogens is 1. The lowest BCUT2D eigenvalue weighted by Gasteiger charge is -2.01. The van der Waals surface area contributed by atoms with Crippen molar-refractivity contribution in [3.05, 3.63) is 34.1 Å². The molecule has 2 aromatic rings. The summed E-state index contributed by atoms with van der Waals surface area (Å²) in [5, 5.41) is 4.90. The zero-order chi connectivity index (χ0) is 14.5. The number of carbonyl (C=O) groups excluding carboxylic acids is 2. The van der Waals surface area contributed by atoms with Crippen molar-refractivity contribution in [1.29, 1.82) is 0 Å². The highest BCUT2D eigenvalue weighted by molar-refractivity contribution is 9.10. The Labute approximate surface area is 128 Å². The summed E-state index contributed by atoms with van der Waals surface area (Å²) >= 11 is 4.71. The number of hydrogen-bond acceptors (Lipinski definition) is 5. The number of ether oxygens (including phenoxy) is 1. The van der Waals surface area contributed by atoms with Gasteiger partial charge in [0.15, 0.2) is 11.7 Å². The molecule has 0 bridgehead atoms. The number of aromatic nitrogens is 1. The van der Waals surface area contributed by atoms with Crippen molar-refractivity contribution in [2.24, 2.45) is 0 Å². The Hall–Kier alpha value is -1.73. The Morgan fingerprint density at radius 3 is 2.95 bits per heavy atom. The number of nitrogens with one attached hydrogen (secondary N) is 1. The molecule has 1 aromatic carbocycles. The Morgan fingerprint density at radius 1 is 1.45 bits per heavy atom. The standard InChI is InChI=1S/C13H11BrN2O3S/c1-8(17)19-6-12(18)16-13-15-11(7-20-13)9-3-2-4-10(14)5-9/h2-5,7H,6H2,1H3,(H,15,16,18). The second kappa shape index (κ2) is 6.62. The second-order valence-corrected chi connectivity index (χ2v) is 5.65. The molecule has 7 heteroatoms. The fourth-order valence-corrected chi connectivity index (χ4v) is 2.57. The topological polar surface area (TPSA) is 68.3 Å². The maximum absolute atomic E-state index is 11.5. The summed E-state index contributed by atoms with van der Waals surface area (Å²) in [5.74, 6) is -0.899. The van der Waals surface area contributed by atoms with Gasteiger partial charge in [0, 0.05) is 22.3 Å². The van der Waals surface area contributed by atoms with E-state index in [4.69, 9.17) is 0 Å². The summed E-state index contributed by atoms with van der Waals surface area (Å²) < 4.78 is 5.56. The van der Waals surface area contributed by atoms with E-state index < -0.39 is 11.9 Å². The van der Waals surface area contributed by atoms with E-state index in [1.165, 1.54) is 18.3 Å². The van der Waals surface area contributed by atoms with Gasteiger partial charge in [0.1, 0.15) is 0 Å². The van der Waals surface area contributed by atoms with Gasteiger partial charge in [-0.15, -0.1) is 11.3 Å². The van der Waals surface area contributed by atoms with Crippen LogP contribution in [0.2, 0.25) is 0 Å². The van der Waals surface area contributed by atoms with Gasteiger partial charge < -0.3 is 4.74 Å². The van der Waals surface area contributed by atoms with E-state index in [-0.39, 0.29) is 6.61 Å². The lowest BCUT2D eigenvalue weighted by Crippen LogP contribution is -2.19. The molecule has 5 nitrogen and oxygen atoms in total. The molecule has 0 radical (unpaired) electrons. The quantitative estimate of drug-likeness (QED) is 0.856. The van der Waals surface area contributed by atoms with E-state index in [9.17, 15) is 9.59 Å². The molecular weight excluding hydrogens is 344 g/mol. The van der Waals surface area contributed by atoms with E-state index in [2.05, 4.69) is 31.0 Å². The Kier molecular flexibility index (Phi) is 4.86. The van der Waals surface area contributed by atoms with Crippen LogP contribution in [0.5, 0.6) is 0 Å². The maximum atomic E-state index is 11.5. The molecular formula is C13H11BrN2O3S. The van der Waals surface area contributed by atoms with Crippen molar-refractivity contribution in [1.82, 2.24) is 4.98 Å². The van der Waals surface area contributed by atoms with Crippen molar-refractivity contribution < 1.29 is 14.3 Å². The molecule has 0 spiro atoms. The van der Waals surface area contributed by atoms with Gasteiger partial charge in [0.2, 0.25) is 0 Å². The van der Waals surface area contributed by atoms with Crippen LogP contribution in [-0.2, 0) is 14.3 Å². The van der Waals surface area contributed by atoms with Crippen LogP contribution in [-0.4, -0.2) is 23.5 Å². The third-order valence-corrected chi connectivity index (χ3v) is 3.53. The predicted molar refractivity (Wildman–Crippen MR) is 80.5 cm³/mol. The number of esters is 1. The molecule has 1 amide bonds. The third kappa shape index (κ3) is 4.14. The van der Waals surface area contributed by atoms with Crippen molar-refractivity contribution in [3.8, 4) is 11.3 Å². The molecule has 2 rings (SSSR count). The Balaban J connectivity index is 2.02. The fourth-order valence-electron chi connectivity index (χ4n) is 1.43. The molecule has 0 fully saturated rings. The fraction of sp³-hybridized carbons (Fsp3) is 0.154. The molecule has 0 saturated carbocycles. The van der Waals surface area contributed by atoms with Crippen molar-refractivity contribution >= 4 is 44.3 Å². The van der Waals surface area contributed by atoms with Crippen LogP contribution < -0.4 is 5.32 Å². The number of nitrogens with zero attached hydrogens (tertiary/aromatic N) is 1. The number of carbonyl (C=O) groups is 2. The first kappa shape index (κ1) is 14.7. The van der Waals surface area contributed by atoms with E-state index in [0.29, 0.717) is 5.13 Å². The molecule has 0 aliphatic rings. The van der Waals surface area contributed by atoms with E-state index >= 15 is 0 Å². The normalized spacial score (nSPS) is 10.1. The third-order valence-electron chi connectivity index (χ3n) is 2.28. The van der Waals surface area contributed by atoms with Crippen LogP contribution >= 0.6 is 27.3 Å². The number of benzene rings is 1. The SMILES string of the molecule is CC(=O)OCC(=O)Nc1nc(-c2cccc(Br)c2)cs1. The molecule has 1 N–H and O–H groups in total. The van der Waals surface area contributed by atoms with Crippen LogP contribution in [0.3, 0.4) is 0 Å². The van der Waals surface area contributed by atoms with Gasteiger partial charge in [-0.1, -0.05) is 28.1 Å². The highest BCUT2D eigenvalue weighted by Gasteiger charge is 2.09. The zero-order valence-electron chi connectivity index (χ0n) is 10.6. The monoisotopic (exact) mass is 354 g/mol. The lowest BCUT2D eigenvalue weighted by molar-refractivity contribution is -0.144. The van der Waals surface area contributed by atoms with E-state index in [1.807, 2.05) is 29.6 Å². The molecule has 0 atom stereocenters. The lowest BCUT2D eigenvalue weighted by atomic mass is 10.2. The molecule has 1 heterocycles. The average molecular weight is 355 g/mol. The highest BCUT2D eigenvalue weighted by Crippen LogP contribution is 2.26. The van der Waals surface area contributed by atoms with Gasteiger partial charge >= 0.3 is 5.97 Å². The van der Waals surface area contributed by atoms with Crippen molar-refractivity contribution in [2.45, 2.75) is 6.92 Å². The van der Waals surface area contributed by atoms with Gasteiger partial charge in [-0.05, 0) is 12.1 Å². The van der Waals surface area contributed by atoms with Gasteiger partial charge in [-0.25, -0.2) is 4.98 Å². The minimum atomic E-state index is -0.492. The predicted octanol–water partition coefficient (Wildman–Crippen LogP) is 3.07. The highest BCUT2D eigenvalue weighted by atomic mass is 79.9. The van der Waals surface area contributed by atoms with Crippen LogP contribution in [0.1, 0.15) is 6.92 Å². The Morgan fingerprint density at radius 2 is 2.25 bits per heavy atom. The summed E-state index contributed by atoms with van der Waals surface area (Å²) in [7, 11) is 0. The molecule has 0 unspecified atom stereocenters. The number of hydrogen-bond donors (Lipinski definition) is 1. The van der Waals surface area contributed by atoms with E-state index in [1.54, 1.807) is 0 Å². The van der Waals surface area contributed by atoms with Crippen LogP contribution in [0.25, 0.3) is 11.3 Å². The number of amides is 1. The summed E-state index contributed by atoms with van der Waals surface area (Å²) in [6.45, 7) is 0.948. The average Bonchev–Trinajstić information content (AvgIpc) is 2.85. The minimum Gasteiger partial charge on any atom is -0.456 e. The molecule has 1 aromatic heterocycles. The van der Waals surface area contributed by atoms with Gasteiger partial charge in [0.05, 0.1) is 5.69 Å². The van der Waals surface area contributed by atoms with E-state index in [0.717, 1.165) is 15.7 Å². The first-order valence-corrected chi connectivity index (χ1v) is 7.36. The molecule has 0 saturated heterocycles. The van der Waals surface area contributed by atoms with Crippen LogP contribution in [0, 0.1) is 0 Å². The smallest absolute Gasteiger partial charge is 0.303 e.